The molecule has 4 rings (SSSR count). The van der Waals surface area contributed by atoms with Gasteiger partial charge in [0.2, 0.25) is 21.9 Å². The van der Waals surface area contributed by atoms with Crippen LogP contribution >= 0.6 is 0 Å². The quantitative estimate of drug-likeness (QED) is 0.741. The standard InChI is InChI=1S/C22H35N5O3S/c1-4-31(29,30)27-11-7-16(8-12-27)20(28)24-18-13-22(2,3)14-19-17(18)15-23-21(25-19)26-9-5-6-10-26/h15-16,18H,4-14H2,1-3H3,(H,24,28). The molecule has 172 valence electrons. The number of piperidine rings is 1. The van der Waals surface area contributed by atoms with Crippen LogP contribution in [0.25, 0.3) is 0 Å². The number of rotatable bonds is 5. The Morgan fingerprint density at radius 1 is 1.19 bits per heavy atom. The predicted molar refractivity (Wildman–Crippen MR) is 120 cm³/mol. The zero-order chi connectivity index (χ0) is 22.2. The van der Waals surface area contributed by atoms with E-state index in [1.54, 1.807) is 6.92 Å². The van der Waals surface area contributed by atoms with E-state index in [0.29, 0.717) is 25.9 Å². The molecule has 8 nitrogen and oxygen atoms in total. The molecule has 1 amide bonds. The predicted octanol–water partition coefficient (Wildman–Crippen LogP) is 2.27. The van der Waals surface area contributed by atoms with Gasteiger partial charge in [-0.2, -0.15) is 0 Å². The third-order valence-corrected chi connectivity index (χ3v) is 8.84. The average Bonchev–Trinajstić information content (AvgIpc) is 3.27. The number of aromatic nitrogens is 2. The molecule has 1 atom stereocenters. The third-order valence-electron chi connectivity index (χ3n) is 6.95. The number of amides is 1. The van der Waals surface area contributed by atoms with E-state index in [2.05, 4.69) is 29.0 Å². The van der Waals surface area contributed by atoms with E-state index in [-0.39, 0.29) is 29.0 Å². The summed E-state index contributed by atoms with van der Waals surface area (Å²) in [5.41, 5.74) is 2.11. The molecule has 2 saturated heterocycles. The SMILES string of the molecule is CCS(=O)(=O)N1CCC(C(=O)NC2CC(C)(C)Cc3nc(N4CCCC4)ncc32)CC1. The summed E-state index contributed by atoms with van der Waals surface area (Å²) in [6.07, 6.45) is 7.14. The van der Waals surface area contributed by atoms with Crippen molar-refractivity contribution in [1.82, 2.24) is 19.6 Å². The summed E-state index contributed by atoms with van der Waals surface area (Å²) in [4.78, 5) is 24.8. The second-order valence-electron chi connectivity index (χ2n) is 9.95. The summed E-state index contributed by atoms with van der Waals surface area (Å²) in [6, 6.07) is -0.101. The molecule has 1 aliphatic carbocycles. The van der Waals surface area contributed by atoms with Crippen molar-refractivity contribution >= 4 is 21.9 Å². The van der Waals surface area contributed by atoms with Crippen molar-refractivity contribution in [3.63, 3.8) is 0 Å². The van der Waals surface area contributed by atoms with E-state index in [9.17, 15) is 13.2 Å². The van der Waals surface area contributed by atoms with Crippen LogP contribution in [0.2, 0.25) is 0 Å². The number of nitrogens with one attached hydrogen (secondary N) is 1. The Labute approximate surface area is 185 Å². The molecule has 3 heterocycles. The minimum absolute atomic E-state index is 0.0193. The van der Waals surface area contributed by atoms with Gasteiger partial charge in [-0.25, -0.2) is 22.7 Å². The van der Waals surface area contributed by atoms with Crippen LogP contribution in [-0.2, 0) is 21.2 Å². The number of fused-ring (bicyclic) bond motifs is 1. The Kier molecular flexibility index (Phi) is 6.27. The van der Waals surface area contributed by atoms with Gasteiger partial charge in [-0.05, 0) is 50.9 Å². The maximum absolute atomic E-state index is 13.1. The van der Waals surface area contributed by atoms with Crippen LogP contribution in [0.4, 0.5) is 5.95 Å². The van der Waals surface area contributed by atoms with Crippen LogP contribution < -0.4 is 10.2 Å². The zero-order valence-corrected chi connectivity index (χ0v) is 19.7. The molecule has 1 N–H and O–H groups in total. The molecule has 0 radical (unpaired) electrons. The fraction of sp³-hybridized carbons (Fsp3) is 0.773. The first-order chi connectivity index (χ1) is 14.7. The van der Waals surface area contributed by atoms with Crippen molar-refractivity contribution < 1.29 is 13.2 Å². The lowest BCUT2D eigenvalue weighted by Gasteiger charge is -2.38. The van der Waals surface area contributed by atoms with Crippen LogP contribution in [-0.4, -0.2) is 60.5 Å². The summed E-state index contributed by atoms with van der Waals surface area (Å²) in [7, 11) is -3.18. The maximum atomic E-state index is 13.1. The van der Waals surface area contributed by atoms with Gasteiger partial charge in [0.25, 0.3) is 0 Å². The molecule has 2 fully saturated rings. The van der Waals surface area contributed by atoms with E-state index in [4.69, 9.17) is 4.98 Å². The molecular formula is C22H35N5O3S. The third kappa shape index (κ3) is 4.87. The van der Waals surface area contributed by atoms with Gasteiger partial charge < -0.3 is 10.2 Å². The Balaban J connectivity index is 1.46. The number of nitrogens with zero attached hydrogens (tertiary/aromatic N) is 4. The van der Waals surface area contributed by atoms with Crippen LogP contribution in [0.3, 0.4) is 0 Å². The van der Waals surface area contributed by atoms with Crippen molar-refractivity contribution in [3.05, 3.63) is 17.5 Å². The van der Waals surface area contributed by atoms with Gasteiger partial charge in [-0.1, -0.05) is 13.8 Å². The lowest BCUT2D eigenvalue weighted by atomic mass is 9.74. The first-order valence-electron chi connectivity index (χ1n) is 11.6. The summed E-state index contributed by atoms with van der Waals surface area (Å²) >= 11 is 0. The first kappa shape index (κ1) is 22.5. The lowest BCUT2D eigenvalue weighted by molar-refractivity contribution is -0.127. The van der Waals surface area contributed by atoms with Gasteiger partial charge in [0.15, 0.2) is 0 Å². The van der Waals surface area contributed by atoms with E-state index in [1.165, 1.54) is 17.1 Å². The topological polar surface area (TPSA) is 95.5 Å². The molecule has 9 heteroatoms. The van der Waals surface area contributed by atoms with Crippen molar-refractivity contribution in [2.45, 2.75) is 65.3 Å². The largest absolute Gasteiger partial charge is 0.349 e. The second kappa shape index (κ2) is 8.65. The highest BCUT2D eigenvalue weighted by Gasteiger charge is 2.37. The molecule has 3 aliphatic rings. The molecule has 31 heavy (non-hydrogen) atoms. The maximum Gasteiger partial charge on any atom is 0.225 e. The Morgan fingerprint density at radius 2 is 1.87 bits per heavy atom. The number of carbonyl (C=O) groups is 1. The van der Waals surface area contributed by atoms with Gasteiger partial charge in [0.1, 0.15) is 0 Å². The number of hydrogen-bond donors (Lipinski definition) is 1. The number of anilines is 1. The van der Waals surface area contributed by atoms with Crippen molar-refractivity contribution in [2.24, 2.45) is 11.3 Å². The fourth-order valence-electron chi connectivity index (χ4n) is 5.10. The highest BCUT2D eigenvalue weighted by Crippen LogP contribution is 2.40. The fourth-order valence-corrected chi connectivity index (χ4v) is 6.24. The van der Waals surface area contributed by atoms with Crippen LogP contribution in [0.5, 0.6) is 0 Å². The van der Waals surface area contributed by atoms with Gasteiger partial charge in [-0.3, -0.25) is 4.79 Å². The monoisotopic (exact) mass is 449 g/mol. The molecule has 2 aliphatic heterocycles. The molecule has 1 aromatic heterocycles. The molecule has 0 spiro atoms. The second-order valence-corrected chi connectivity index (χ2v) is 12.2. The van der Waals surface area contributed by atoms with Gasteiger partial charge >= 0.3 is 0 Å². The first-order valence-corrected chi connectivity index (χ1v) is 13.2. The van der Waals surface area contributed by atoms with Gasteiger partial charge in [-0.15, -0.1) is 0 Å². The molecule has 0 bridgehead atoms. The van der Waals surface area contributed by atoms with E-state index < -0.39 is 10.0 Å². The average molecular weight is 450 g/mol. The summed E-state index contributed by atoms with van der Waals surface area (Å²) in [6.45, 7) is 8.96. The zero-order valence-electron chi connectivity index (χ0n) is 18.9. The summed E-state index contributed by atoms with van der Waals surface area (Å²) in [5, 5.41) is 3.26. The van der Waals surface area contributed by atoms with Gasteiger partial charge in [0, 0.05) is 43.9 Å². The molecular weight excluding hydrogens is 414 g/mol. The lowest BCUT2D eigenvalue weighted by Crippen LogP contribution is -2.45. The minimum Gasteiger partial charge on any atom is -0.349 e. The van der Waals surface area contributed by atoms with Crippen LogP contribution in [0.15, 0.2) is 6.20 Å². The molecule has 0 saturated carbocycles. The smallest absolute Gasteiger partial charge is 0.225 e. The van der Waals surface area contributed by atoms with Crippen molar-refractivity contribution in [3.8, 4) is 0 Å². The van der Waals surface area contributed by atoms with E-state index >= 15 is 0 Å². The Bertz CT molecular complexity index is 919. The van der Waals surface area contributed by atoms with E-state index in [1.807, 2.05) is 6.20 Å². The highest BCUT2D eigenvalue weighted by atomic mass is 32.2. The summed E-state index contributed by atoms with van der Waals surface area (Å²) < 4.78 is 25.7. The Hall–Kier alpha value is -1.74. The molecule has 1 aromatic rings. The van der Waals surface area contributed by atoms with E-state index in [0.717, 1.165) is 43.1 Å². The normalized spacial score (nSPS) is 24.7. The van der Waals surface area contributed by atoms with Crippen LogP contribution in [0.1, 0.15) is 70.2 Å². The number of carbonyl (C=O) groups excluding carboxylic acids is 1. The number of sulfonamides is 1. The minimum atomic E-state index is -3.18. The highest BCUT2D eigenvalue weighted by molar-refractivity contribution is 7.89. The van der Waals surface area contributed by atoms with Crippen molar-refractivity contribution in [2.75, 3.05) is 36.8 Å². The Morgan fingerprint density at radius 3 is 2.52 bits per heavy atom. The molecule has 1 unspecified atom stereocenters. The summed E-state index contributed by atoms with van der Waals surface area (Å²) in [5.74, 6) is 0.785. The van der Waals surface area contributed by atoms with Crippen molar-refractivity contribution in [1.29, 1.82) is 0 Å². The van der Waals surface area contributed by atoms with Crippen LogP contribution in [0, 0.1) is 11.3 Å². The van der Waals surface area contributed by atoms with Gasteiger partial charge in [0.05, 0.1) is 17.5 Å². The number of hydrogen-bond acceptors (Lipinski definition) is 6. The molecule has 0 aromatic carbocycles.